The Bertz CT molecular complexity index is 1060. The molecule has 1 aromatic carbocycles. The van der Waals surface area contributed by atoms with Gasteiger partial charge in [-0.2, -0.15) is 5.10 Å². The molecule has 1 aromatic heterocycles. The van der Waals surface area contributed by atoms with Gasteiger partial charge in [0, 0.05) is 18.5 Å². The van der Waals surface area contributed by atoms with E-state index in [1.165, 1.54) is 12.1 Å². The first-order valence-electron chi connectivity index (χ1n) is 11.9. The minimum absolute atomic E-state index is 0.0584. The summed E-state index contributed by atoms with van der Waals surface area (Å²) in [5.74, 6) is -0.776. The van der Waals surface area contributed by atoms with Crippen LogP contribution in [-0.4, -0.2) is 45.6 Å². The summed E-state index contributed by atoms with van der Waals surface area (Å²) < 4.78 is 20.1. The summed E-state index contributed by atoms with van der Waals surface area (Å²) in [6, 6.07) is 6.11. The van der Waals surface area contributed by atoms with Crippen LogP contribution in [0.15, 0.2) is 24.3 Å². The van der Waals surface area contributed by atoms with Crippen molar-refractivity contribution in [2.24, 2.45) is 17.6 Å². The number of rotatable bonds is 7. The lowest BCUT2D eigenvalue weighted by molar-refractivity contribution is -0.149. The predicted octanol–water partition coefficient (Wildman–Crippen LogP) is 2.81. The number of benzene rings is 1. The number of esters is 1. The minimum atomic E-state index is -0.591. The van der Waals surface area contributed by atoms with E-state index in [9.17, 15) is 18.8 Å². The highest BCUT2D eigenvalue weighted by Crippen LogP contribution is 2.33. The van der Waals surface area contributed by atoms with Crippen LogP contribution in [0.25, 0.3) is 0 Å². The average molecular weight is 471 g/mol. The van der Waals surface area contributed by atoms with Crippen molar-refractivity contribution in [3.8, 4) is 0 Å². The van der Waals surface area contributed by atoms with E-state index in [-0.39, 0.29) is 35.2 Å². The van der Waals surface area contributed by atoms with Gasteiger partial charge in [0.15, 0.2) is 5.69 Å². The van der Waals surface area contributed by atoms with Crippen LogP contribution >= 0.6 is 0 Å². The standard InChI is InChI=1S/C25H31FN4O4/c1-2-34-25(33)18-7-3-16(4-8-18)13-22(31)29-12-11-20-21(15-29)30(28-23(20)24(27)32)14-17-5-9-19(26)10-6-17/h5-6,9-10,16,18H,2-4,7-8,11-15H2,1H3,(H2,27,32)/t16-,18-. The topological polar surface area (TPSA) is 108 Å². The number of fused-ring (bicyclic) bond motifs is 1. The van der Waals surface area contributed by atoms with E-state index in [0.717, 1.165) is 42.5 Å². The maximum absolute atomic E-state index is 13.3. The molecule has 0 bridgehead atoms. The number of amides is 2. The first kappa shape index (κ1) is 23.9. The number of ether oxygens (including phenoxy) is 1. The molecule has 9 heteroatoms. The Labute approximate surface area is 198 Å². The summed E-state index contributed by atoms with van der Waals surface area (Å²) in [4.78, 5) is 38.8. The maximum Gasteiger partial charge on any atom is 0.308 e. The number of nitrogens with two attached hydrogens (primary N) is 1. The zero-order chi connectivity index (χ0) is 24.2. The van der Waals surface area contributed by atoms with Gasteiger partial charge in [0.2, 0.25) is 5.91 Å². The fourth-order valence-electron chi connectivity index (χ4n) is 5.02. The van der Waals surface area contributed by atoms with E-state index < -0.39 is 5.91 Å². The van der Waals surface area contributed by atoms with Crippen molar-refractivity contribution in [3.05, 3.63) is 52.6 Å². The quantitative estimate of drug-likeness (QED) is 0.626. The molecule has 0 unspecified atom stereocenters. The largest absolute Gasteiger partial charge is 0.466 e. The van der Waals surface area contributed by atoms with Crippen molar-refractivity contribution in [1.29, 1.82) is 0 Å². The first-order valence-corrected chi connectivity index (χ1v) is 11.9. The molecule has 1 aliphatic heterocycles. The number of halogens is 1. The third-order valence-corrected chi connectivity index (χ3v) is 6.90. The molecule has 0 atom stereocenters. The third kappa shape index (κ3) is 5.29. The lowest BCUT2D eigenvalue weighted by Gasteiger charge is -2.31. The second kappa shape index (κ2) is 10.4. The number of primary amides is 1. The van der Waals surface area contributed by atoms with Gasteiger partial charge in [-0.05, 0) is 62.6 Å². The normalized spacial score (nSPS) is 20.0. The fourth-order valence-corrected chi connectivity index (χ4v) is 5.02. The van der Waals surface area contributed by atoms with Crippen LogP contribution < -0.4 is 5.73 Å². The number of hydrogen-bond acceptors (Lipinski definition) is 5. The molecule has 4 rings (SSSR count). The molecule has 0 spiro atoms. The van der Waals surface area contributed by atoms with Crippen LogP contribution in [0.4, 0.5) is 4.39 Å². The zero-order valence-corrected chi connectivity index (χ0v) is 19.5. The van der Waals surface area contributed by atoms with Crippen molar-refractivity contribution < 1.29 is 23.5 Å². The molecule has 2 aliphatic rings. The lowest BCUT2D eigenvalue weighted by atomic mass is 9.80. The number of nitrogens with zero attached hydrogens (tertiary/aromatic N) is 3. The summed E-state index contributed by atoms with van der Waals surface area (Å²) in [6.45, 7) is 3.42. The van der Waals surface area contributed by atoms with E-state index in [1.54, 1.807) is 16.8 Å². The zero-order valence-electron chi connectivity index (χ0n) is 19.5. The van der Waals surface area contributed by atoms with Gasteiger partial charge in [0.05, 0.1) is 31.3 Å². The molecule has 2 amide bonds. The molecule has 1 aliphatic carbocycles. The van der Waals surface area contributed by atoms with Crippen molar-refractivity contribution >= 4 is 17.8 Å². The molecular formula is C25H31FN4O4. The van der Waals surface area contributed by atoms with E-state index in [0.29, 0.717) is 39.1 Å². The number of carbonyl (C=O) groups excluding carboxylic acids is 3. The van der Waals surface area contributed by atoms with E-state index in [2.05, 4.69) is 5.10 Å². The molecule has 2 aromatic rings. The molecule has 8 nitrogen and oxygen atoms in total. The Balaban J connectivity index is 1.42. The Kier molecular flexibility index (Phi) is 7.29. The predicted molar refractivity (Wildman–Crippen MR) is 122 cm³/mol. The molecule has 0 radical (unpaired) electrons. The van der Waals surface area contributed by atoms with Crippen molar-refractivity contribution in [2.75, 3.05) is 13.2 Å². The van der Waals surface area contributed by atoms with Gasteiger partial charge in [0.1, 0.15) is 5.82 Å². The summed E-state index contributed by atoms with van der Waals surface area (Å²) in [5, 5.41) is 4.43. The molecular weight excluding hydrogens is 439 g/mol. The van der Waals surface area contributed by atoms with Crippen LogP contribution in [0.5, 0.6) is 0 Å². The highest BCUT2D eigenvalue weighted by Gasteiger charge is 2.32. The van der Waals surface area contributed by atoms with Gasteiger partial charge in [-0.3, -0.25) is 19.1 Å². The van der Waals surface area contributed by atoms with Gasteiger partial charge >= 0.3 is 5.97 Å². The first-order chi connectivity index (χ1) is 16.4. The van der Waals surface area contributed by atoms with E-state index in [1.807, 2.05) is 11.8 Å². The summed E-state index contributed by atoms with van der Waals surface area (Å²) >= 11 is 0. The Morgan fingerprint density at radius 2 is 1.85 bits per heavy atom. The van der Waals surface area contributed by atoms with Gasteiger partial charge in [-0.15, -0.1) is 0 Å². The van der Waals surface area contributed by atoms with Crippen LogP contribution in [-0.2, 0) is 33.8 Å². The Morgan fingerprint density at radius 1 is 1.15 bits per heavy atom. The van der Waals surface area contributed by atoms with Crippen LogP contribution in [0.2, 0.25) is 0 Å². The minimum Gasteiger partial charge on any atom is -0.466 e. The highest BCUT2D eigenvalue weighted by molar-refractivity contribution is 5.92. The van der Waals surface area contributed by atoms with Gasteiger partial charge in [-0.1, -0.05) is 12.1 Å². The molecule has 182 valence electrons. The molecule has 2 heterocycles. The van der Waals surface area contributed by atoms with Crippen LogP contribution in [0, 0.1) is 17.7 Å². The second-order valence-electron chi connectivity index (χ2n) is 9.16. The highest BCUT2D eigenvalue weighted by atomic mass is 19.1. The van der Waals surface area contributed by atoms with E-state index in [4.69, 9.17) is 10.5 Å². The monoisotopic (exact) mass is 470 g/mol. The van der Waals surface area contributed by atoms with Gasteiger partial charge in [0.25, 0.3) is 5.91 Å². The fraction of sp³-hybridized carbons (Fsp3) is 0.520. The van der Waals surface area contributed by atoms with Crippen molar-refractivity contribution in [1.82, 2.24) is 14.7 Å². The van der Waals surface area contributed by atoms with Crippen LogP contribution in [0.3, 0.4) is 0 Å². The number of carbonyl (C=O) groups is 3. The van der Waals surface area contributed by atoms with Crippen molar-refractivity contribution in [2.45, 2.75) is 58.5 Å². The Hall–Kier alpha value is -3.23. The Morgan fingerprint density at radius 3 is 2.50 bits per heavy atom. The third-order valence-electron chi connectivity index (χ3n) is 6.90. The average Bonchev–Trinajstić information content (AvgIpc) is 3.19. The van der Waals surface area contributed by atoms with Gasteiger partial charge in [-0.25, -0.2) is 4.39 Å². The SMILES string of the molecule is CCOC(=O)[C@H]1CC[C@H](CC(=O)N2CCc3c(C(N)=O)nn(Cc4ccc(F)cc4)c3C2)CC1. The summed E-state index contributed by atoms with van der Waals surface area (Å²) in [6.07, 6.45) is 4.14. The smallest absolute Gasteiger partial charge is 0.308 e. The molecule has 34 heavy (non-hydrogen) atoms. The van der Waals surface area contributed by atoms with Crippen LogP contribution in [0.1, 0.15) is 66.3 Å². The van der Waals surface area contributed by atoms with E-state index >= 15 is 0 Å². The number of aromatic nitrogens is 2. The summed E-state index contributed by atoms with van der Waals surface area (Å²) in [5.41, 5.74) is 8.21. The molecule has 1 saturated carbocycles. The molecule has 0 saturated heterocycles. The maximum atomic E-state index is 13.3. The molecule has 1 fully saturated rings. The number of hydrogen-bond donors (Lipinski definition) is 1. The summed E-state index contributed by atoms with van der Waals surface area (Å²) in [7, 11) is 0. The second-order valence-corrected chi connectivity index (χ2v) is 9.16. The van der Waals surface area contributed by atoms with Gasteiger partial charge < -0.3 is 15.4 Å². The molecule has 2 N–H and O–H groups in total. The van der Waals surface area contributed by atoms with Crippen molar-refractivity contribution in [3.63, 3.8) is 0 Å². The lowest BCUT2D eigenvalue weighted by Crippen LogP contribution is -2.38.